The zero-order valence-corrected chi connectivity index (χ0v) is 19.5. The molecule has 1 fully saturated rings. The minimum absolute atomic E-state index is 0.0700. The maximum Gasteiger partial charge on any atom is 0.229 e. The lowest BCUT2D eigenvalue weighted by Crippen LogP contribution is -2.63. The van der Waals surface area contributed by atoms with E-state index in [-0.39, 0.29) is 25.7 Å². The first kappa shape index (κ1) is 27.7. The van der Waals surface area contributed by atoms with Crippen LogP contribution >= 0.6 is 0 Å². The van der Waals surface area contributed by atoms with Gasteiger partial charge in [0.2, 0.25) is 6.29 Å². The molecule has 2 rings (SSSR count). The van der Waals surface area contributed by atoms with Gasteiger partial charge in [0.15, 0.2) is 0 Å². The Morgan fingerprint density at radius 2 is 1.76 bits per heavy atom. The fourth-order valence-electron chi connectivity index (χ4n) is 3.97. The van der Waals surface area contributed by atoms with E-state index in [4.69, 9.17) is 19.3 Å². The Hall–Kier alpha value is -1.52. The largest absolute Gasteiger partial charge is 0.462 e. The third-order valence-electron chi connectivity index (χ3n) is 5.86. The number of unbranched alkanes of at least 4 members (excludes halogenated alkanes) is 1. The first-order valence-corrected chi connectivity index (χ1v) is 11.9. The second-order valence-corrected chi connectivity index (χ2v) is 8.52. The summed E-state index contributed by atoms with van der Waals surface area (Å²) in [6.07, 6.45) is -1.50. The molecule has 1 heterocycles. The molecule has 0 radical (unpaired) electrons. The van der Waals surface area contributed by atoms with Crippen molar-refractivity contribution in [1.29, 1.82) is 0 Å². The number of benzene rings is 1. The molecule has 0 spiro atoms. The summed E-state index contributed by atoms with van der Waals surface area (Å²) < 4.78 is 18.1. The average Bonchev–Trinajstić information content (AvgIpc) is 2.81. The molecule has 1 saturated heterocycles. The molecule has 1 aromatic carbocycles. The summed E-state index contributed by atoms with van der Waals surface area (Å²) in [5, 5.41) is 50.6. The Kier molecular flexibility index (Phi) is 12.3. The molecule has 0 saturated carbocycles. The highest BCUT2D eigenvalue weighted by molar-refractivity contribution is 5.28. The molecule has 0 bridgehead atoms. The number of hydrogen-bond acceptors (Lipinski definition) is 8. The van der Waals surface area contributed by atoms with Gasteiger partial charge in [0.25, 0.3) is 0 Å². The van der Waals surface area contributed by atoms with Crippen LogP contribution in [0.5, 0.6) is 5.75 Å². The third kappa shape index (κ3) is 8.33. The summed E-state index contributed by atoms with van der Waals surface area (Å²) >= 11 is 0. The molecule has 33 heavy (non-hydrogen) atoms. The molecule has 188 valence electrons. The van der Waals surface area contributed by atoms with Gasteiger partial charge in [-0.2, -0.15) is 0 Å². The van der Waals surface area contributed by atoms with Crippen molar-refractivity contribution in [2.75, 3.05) is 13.2 Å². The predicted octanol–water partition coefficient (Wildman–Crippen LogP) is 1.70. The van der Waals surface area contributed by atoms with E-state index in [9.17, 15) is 20.4 Å². The Bertz CT molecular complexity index is 667. The fourth-order valence-corrected chi connectivity index (χ4v) is 3.97. The molecular weight excluding hydrogens is 428 g/mol. The van der Waals surface area contributed by atoms with E-state index < -0.39 is 36.8 Å². The van der Waals surface area contributed by atoms with Gasteiger partial charge in [0.05, 0.1) is 12.2 Å². The number of aliphatic hydroxyl groups excluding tert-OH is 5. The van der Waals surface area contributed by atoms with Gasteiger partial charge in [-0.1, -0.05) is 38.0 Å². The van der Waals surface area contributed by atoms with E-state index in [0.29, 0.717) is 25.0 Å². The van der Waals surface area contributed by atoms with Crippen LogP contribution < -0.4 is 4.74 Å². The molecule has 7 atom stereocenters. The average molecular weight is 469 g/mol. The quantitative estimate of drug-likeness (QED) is 0.246. The van der Waals surface area contributed by atoms with E-state index in [1.807, 2.05) is 12.1 Å². The Morgan fingerprint density at radius 3 is 2.36 bits per heavy atom. The van der Waals surface area contributed by atoms with Gasteiger partial charge in [-0.25, -0.2) is 0 Å². The van der Waals surface area contributed by atoms with Gasteiger partial charge in [-0.05, 0) is 49.8 Å². The van der Waals surface area contributed by atoms with Gasteiger partial charge in [0, 0.05) is 13.2 Å². The van der Waals surface area contributed by atoms with Gasteiger partial charge in [0.1, 0.15) is 30.2 Å². The second kappa shape index (κ2) is 14.7. The minimum atomic E-state index is -1.40. The standard InChI is InChI=1S/C25H40O8/c1-3-5-8-18(14-16-27)31-24-22(30)21(29)23(20(28)9-6-15-26)33-25(24)32-19-12-10-17(7-4-2)11-13-19/h4,10-13,18,20-30H,2-3,5-9,14-16H2,1H3/t18-,20-,21+,22+,23-,24+,25+/m1/s1. The van der Waals surface area contributed by atoms with Gasteiger partial charge < -0.3 is 39.7 Å². The Balaban J connectivity index is 2.23. The lowest BCUT2D eigenvalue weighted by molar-refractivity contribution is -0.305. The topological polar surface area (TPSA) is 129 Å². The van der Waals surface area contributed by atoms with Crippen molar-refractivity contribution < 1.29 is 39.7 Å². The highest BCUT2D eigenvalue weighted by Gasteiger charge is 2.49. The summed E-state index contributed by atoms with van der Waals surface area (Å²) in [5.74, 6) is 0.487. The molecule has 0 aliphatic carbocycles. The minimum Gasteiger partial charge on any atom is -0.462 e. The van der Waals surface area contributed by atoms with Crippen molar-refractivity contribution in [2.45, 2.75) is 94.8 Å². The fraction of sp³-hybridized carbons (Fsp3) is 0.680. The van der Waals surface area contributed by atoms with Crippen LogP contribution in [0.1, 0.15) is 51.0 Å². The first-order valence-electron chi connectivity index (χ1n) is 11.9. The number of rotatable bonds is 15. The summed E-state index contributed by atoms with van der Waals surface area (Å²) in [5.41, 5.74) is 1.06. The van der Waals surface area contributed by atoms with E-state index in [1.54, 1.807) is 18.2 Å². The maximum absolute atomic E-state index is 10.9. The maximum atomic E-state index is 10.9. The molecule has 0 aromatic heterocycles. The van der Waals surface area contributed by atoms with Crippen LogP contribution in [0.4, 0.5) is 0 Å². The highest BCUT2D eigenvalue weighted by Crippen LogP contribution is 2.30. The van der Waals surface area contributed by atoms with Gasteiger partial charge in [-0.15, -0.1) is 6.58 Å². The van der Waals surface area contributed by atoms with E-state index in [1.165, 1.54) is 0 Å². The normalized spacial score (nSPS) is 27.2. The van der Waals surface area contributed by atoms with Crippen molar-refractivity contribution in [1.82, 2.24) is 0 Å². The highest BCUT2D eigenvalue weighted by atomic mass is 16.7. The molecule has 0 amide bonds. The molecule has 8 nitrogen and oxygen atoms in total. The lowest BCUT2D eigenvalue weighted by Gasteiger charge is -2.44. The lowest BCUT2D eigenvalue weighted by atomic mass is 9.93. The van der Waals surface area contributed by atoms with Crippen LogP contribution in [0.25, 0.3) is 0 Å². The van der Waals surface area contributed by atoms with Crippen LogP contribution in [0.15, 0.2) is 36.9 Å². The predicted molar refractivity (Wildman–Crippen MR) is 124 cm³/mol. The molecule has 1 aliphatic heterocycles. The summed E-state index contributed by atoms with van der Waals surface area (Å²) in [7, 11) is 0. The number of aliphatic hydroxyl groups is 5. The zero-order chi connectivity index (χ0) is 24.2. The molecule has 8 heteroatoms. The molecule has 1 aromatic rings. The van der Waals surface area contributed by atoms with Gasteiger partial charge in [-0.3, -0.25) is 0 Å². The summed E-state index contributed by atoms with van der Waals surface area (Å²) in [6.45, 7) is 5.61. The van der Waals surface area contributed by atoms with Crippen molar-refractivity contribution in [3.8, 4) is 5.75 Å². The number of hydrogen-bond donors (Lipinski definition) is 5. The zero-order valence-electron chi connectivity index (χ0n) is 19.5. The van der Waals surface area contributed by atoms with Crippen LogP contribution in [-0.4, -0.2) is 81.7 Å². The first-order chi connectivity index (χ1) is 15.9. The van der Waals surface area contributed by atoms with Crippen LogP contribution in [0.2, 0.25) is 0 Å². The van der Waals surface area contributed by atoms with Crippen molar-refractivity contribution >= 4 is 0 Å². The molecule has 1 aliphatic rings. The second-order valence-electron chi connectivity index (χ2n) is 8.52. The SMILES string of the molecule is C=CCc1ccc(O[C@H]2O[C@H]([C@H](O)CCCO)[C@@H](O)[C@H](O)[C@@H]2O[C@@H](CCO)CCCC)cc1. The molecular formula is C25H40O8. The monoisotopic (exact) mass is 468 g/mol. The smallest absolute Gasteiger partial charge is 0.229 e. The number of ether oxygens (including phenoxy) is 3. The van der Waals surface area contributed by atoms with Crippen molar-refractivity contribution in [2.24, 2.45) is 0 Å². The van der Waals surface area contributed by atoms with Gasteiger partial charge >= 0.3 is 0 Å². The Labute approximate surface area is 196 Å². The van der Waals surface area contributed by atoms with Crippen molar-refractivity contribution in [3.05, 3.63) is 42.5 Å². The molecule has 0 unspecified atom stereocenters. The van der Waals surface area contributed by atoms with Crippen LogP contribution in [0.3, 0.4) is 0 Å². The Morgan fingerprint density at radius 1 is 1.03 bits per heavy atom. The van der Waals surface area contributed by atoms with Crippen LogP contribution in [-0.2, 0) is 15.9 Å². The summed E-state index contributed by atoms with van der Waals surface area (Å²) in [4.78, 5) is 0. The van der Waals surface area contributed by atoms with E-state index in [2.05, 4.69) is 13.5 Å². The van der Waals surface area contributed by atoms with E-state index >= 15 is 0 Å². The van der Waals surface area contributed by atoms with E-state index in [0.717, 1.165) is 24.8 Å². The van der Waals surface area contributed by atoms with Crippen molar-refractivity contribution in [3.63, 3.8) is 0 Å². The number of allylic oxidation sites excluding steroid dienone is 1. The van der Waals surface area contributed by atoms with Crippen LogP contribution in [0, 0.1) is 0 Å². The molecule has 5 N–H and O–H groups in total. The third-order valence-corrected chi connectivity index (χ3v) is 5.86. The summed E-state index contributed by atoms with van der Waals surface area (Å²) in [6, 6.07) is 7.33.